The summed E-state index contributed by atoms with van der Waals surface area (Å²) in [6, 6.07) is -12.0. The molecule has 0 radical (unpaired) electrons. The smallest absolute Gasteiger partial charge is 0.143 e. The van der Waals surface area contributed by atoms with E-state index in [1.165, 1.54) is 4.57 Å². The monoisotopic (exact) mass is 675 g/mol. The van der Waals surface area contributed by atoms with Gasteiger partial charge in [-0.05, 0) is 83.2 Å². The second-order valence-corrected chi connectivity index (χ2v) is 11.4. The highest BCUT2D eigenvalue weighted by atomic mass is 16.3. The normalized spacial score (nSPS) is 18.8. The van der Waals surface area contributed by atoms with Crippen molar-refractivity contribution in [2.75, 3.05) is 0 Å². The summed E-state index contributed by atoms with van der Waals surface area (Å²) < 4.78 is 234. The molecule has 51 heavy (non-hydrogen) atoms. The molecule has 0 aliphatic carbocycles. The van der Waals surface area contributed by atoms with E-state index in [1.54, 1.807) is 30.3 Å². The van der Waals surface area contributed by atoms with E-state index >= 15 is 0 Å². The van der Waals surface area contributed by atoms with Crippen LogP contribution in [0.5, 0.6) is 0 Å². The van der Waals surface area contributed by atoms with Crippen LogP contribution in [0.4, 0.5) is 0 Å². The standard InChI is InChI=1S/C48H30N2O/c1-2-11-34(12-3-1)49-43-18-7-4-13-37(43)41-29-32(23-27-45(41)49)33-24-28-46-42(30-33)38-14-5-8-19-44(38)50(46)35-25-21-31(22-26-35)36-16-10-17-40-39-15-6-9-20-47(39)51-48(36)40/h1-30H/i4D,5D,6D,7D,8D,9D,10D,13D,14D,15D,16D,17D,18D,19D,20D,21D,22D,23D,24D,25D,26D,27D,28D,29D,30D. The van der Waals surface area contributed by atoms with Gasteiger partial charge < -0.3 is 13.6 Å². The second kappa shape index (κ2) is 10.8. The van der Waals surface area contributed by atoms with E-state index in [0.717, 1.165) is 4.57 Å². The lowest BCUT2D eigenvalue weighted by atomic mass is 10.0. The molecule has 8 aromatic carbocycles. The Morgan fingerprint density at radius 3 is 1.59 bits per heavy atom. The summed E-state index contributed by atoms with van der Waals surface area (Å²) in [7, 11) is 0. The van der Waals surface area contributed by atoms with Crippen LogP contribution >= 0.6 is 0 Å². The van der Waals surface area contributed by atoms with Crippen molar-refractivity contribution in [1.82, 2.24) is 9.13 Å². The number of nitrogens with zero attached hydrogens (tertiary/aromatic N) is 2. The van der Waals surface area contributed by atoms with E-state index < -0.39 is 217 Å². The van der Waals surface area contributed by atoms with Crippen molar-refractivity contribution in [2.45, 2.75) is 0 Å². The number of hydrogen-bond donors (Lipinski definition) is 0. The number of rotatable bonds is 4. The lowest BCUT2D eigenvalue weighted by Gasteiger charge is -2.10. The molecule has 0 amide bonds. The molecule has 0 spiro atoms. The maximum atomic E-state index is 9.85. The number of furan rings is 1. The van der Waals surface area contributed by atoms with Gasteiger partial charge in [0.25, 0.3) is 0 Å². The molecule has 11 rings (SSSR count). The predicted molar refractivity (Wildman–Crippen MR) is 213 cm³/mol. The highest BCUT2D eigenvalue weighted by Gasteiger charge is 2.17. The average molecular weight is 676 g/mol. The van der Waals surface area contributed by atoms with Gasteiger partial charge in [-0.3, -0.25) is 0 Å². The fraction of sp³-hybridized carbons (Fsp3) is 0. The van der Waals surface area contributed by atoms with Crippen molar-refractivity contribution in [3.63, 3.8) is 0 Å². The molecule has 0 atom stereocenters. The maximum Gasteiger partial charge on any atom is 0.143 e. The minimum Gasteiger partial charge on any atom is -0.455 e. The summed E-state index contributed by atoms with van der Waals surface area (Å²) >= 11 is 0. The van der Waals surface area contributed by atoms with Gasteiger partial charge in [-0.25, -0.2) is 0 Å². The fourth-order valence-electron chi connectivity index (χ4n) is 6.39. The van der Waals surface area contributed by atoms with Gasteiger partial charge in [-0.2, -0.15) is 0 Å². The SMILES string of the molecule is [2H]c1c([2H])c(-n2c3c([2H])c([2H])c([2H])c([2H])c3c3c([2H])c(-c4c([2H])c([2H])c5c(c4[2H])c4c([2H])c([2H])c([2H])c([2H])c4n5-c4ccccc4)c([2H])c([2H])c32)c([2H])c([2H])c1-c1c([2H])c([2H])c([2H])c2c1oc1c([2H])c([2H])c([2H])c([2H])c12. The Bertz CT molecular complexity index is 4550. The summed E-state index contributed by atoms with van der Waals surface area (Å²) in [4.78, 5) is 0. The molecule has 3 nitrogen and oxygen atoms in total. The molecular formula is C48H30N2O. The number of benzene rings is 8. The number of hydrogen-bond acceptors (Lipinski definition) is 1. The molecule has 0 saturated carbocycles. The van der Waals surface area contributed by atoms with Gasteiger partial charge in [0.1, 0.15) is 11.2 Å². The second-order valence-electron chi connectivity index (χ2n) is 11.4. The minimum absolute atomic E-state index is 0.159. The van der Waals surface area contributed by atoms with Crippen molar-refractivity contribution in [1.29, 1.82) is 0 Å². The summed E-state index contributed by atoms with van der Waals surface area (Å²) in [5.41, 5.74) is -5.82. The van der Waals surface area contributed by atoms with Crippen LogP contribution < -0.4 is 0 Å². The lowest BCUT2D eigenvalue weighted by Crippen LogP contribution is -1.94. The Morgan fingerprint density at radius 1 is 0.392 bits per heavy atom. The van der Waals surface area contributed by atoms with E-state index in [2.05, 4.69) is 0 Å². The fourth-order valence-corrected chi connectivity index (χ4v) is 6.39. The number of aromatic nitrogens is 2. The third-order valence-electron chi connectivity index (χ3n) is 8.60. The number of para-hydroxylation sites is 5. The quantitative estimate of drug-likeness (QED) is 0.182. The Balaban J connectivity index is 1.28. The van der Waals surface area contributed by atoms with Crippen molar-refractivity contribution >= 4 is 65.6 Å². The number of fused-ring (bicyclic) bond motifs is 9. The Hall–Kier alpha value is -6.84. The summed E-state index contributed by atoms with van der Waals surface area (Å²) in [5, 5.41) is -2.37. The van der Waals surface area contributed by atoms with E-state index in [-0.39, 0.29) is 27.2 Å². The lowest BCUT2D eigenvalue weighted by molar-refractivity contribution is 0.670. The van der Waals surface area contributed by atoms with Crippen molar-refractivity contribution in [3.8, 4) is 33.6 Å². The summed E-state index contributed by atoms with van der Waals surface area (Å²) in [5.74, 6) is 0. The van der Waals surface area contributed by atoms with Crippen LogP contribution in [0.25, 0.3) is 99.2 Å². The summed E-state index contributed by atoms with van der Waals surface area (Å²) in [6.07, 6.45) is 0. The van der Waals surface area contributed by atoms with Crippen LogP contribution in [0.3, 0.4) is 0 Å². The first kappa shape index (κ1) is 13.1. The molecule has 0 aliphatic rings. The molecule has 0 unspecified atom stereocenters. The first-order chi connectivity index (χ1) is 35.7. The maximum absolute atomic E-state index is 9.85. The van der Waals surface area contributed by atoms with Crippen LogP contribution in [0, 0.1) is 0 Å². The largest absolute Gasteiger partial charge is 0.455 e. The molecule has 3 aromatic heterocycles. The minimum atomic E-state index is -1.01. The van der Waals surface area contributed by atoms with Crippen LogP contribution in [-0.4, -0.2) is 9.13 Å². The van der Waals surface area contributed by atoms with Gasteiger partial charge in [-0.1, -0.05) is 115 Å². The van der Waals surface area contributed by atoms with E-state index in [1.807, 2.05) is 0 Å². The Labute approximate surface area is 329 Å². The van der Waals surface area contributed by atoms with Crippen molar-refractivity contribution in [2.24, 2.45) is 0 Å². The van der Waals surface area contributed by atoms with Gasteiger partial charge in [0.2, 0.25) is 0 Å². The molecule has 238 valence electrons. The Morgan fingerprint density at radius 2 is 0.922 bits per heavy atom. The zero-order valence-electron chi connectivity index (χ0n) is 50.7. The summed E-state index contributed by atoms with van der Waals surface area (Å²) in [6.45, 7) is 0. The first-order valence-corrected chi connectivity index (χ1v) is 15.4. The molecule has 0 N–H and O–H groups in total. The van der Waals surface area contributed by atoms with Crippen molar-refractivity contribution in [3.05, 3.63) is 181 Å². The van der Waals surface area contributed by atoms with Crippen LogP contribution in [0.2, 0.25) is 0 Å². The highest BCUT2D eigenvalue weighted by Crippen LogP contribution is 2.40. The highest BCUT2D eigenvalue weighted by molar-refractivity contribution is 6.13. The van der Waals surface area contributed by atoms with E-state index in [4.69, 9.17) is 22.2 Å². The molecule has 0 fully saturated rings. The van der Waals surface area contributed by atoms with Gasteiger partial charge in [0, 0.05) is 49.3 Å². The van der Waals surface area contributed by atoms with Gasteiger partial charge in [0.05, 0.1) is 56.3 Å². The zero-order valence-corrected chi connectivity index (χ0v) is 25.7. The van der Waals surface area contributed by atoms with Crippen LogP contribution in [0.1, 0.15) is 34.3 Å². The molecule has 0 saturated heterocycles. The topological polar surface area (TPSA) is 23.0 Å². The average Bonchev–Trinajstić information content (AvgIpc) is 4.23. The van der Waals surface area contributed by atoms with Gasteiger partial charge in [-0.15, -0.1) is 0 Å². The van der Waals surface area contributed by atoms with Crippen LogP contribution in [0.15, 0.2) is 186 Å². The molecule has 0 bridgehead atoms. The van der Waals surface area contributed by atoms with E-state index in [0.29, 0.717) is 5.69 Å². The molecular weight excluding hydrogens is 621 g/mol. The molecule has 11 aromatic rings. The van der Waals surface area contributed by atoms with E-state index in [9.17, 15) is 16.4 Å². The van der Waals surface area contributed by atoms with Crippen LogP contribution in [-0.2, 0) is 0 Å². The molecule has 0 aliphatic heterocycles. The van der Waals surface area contributed by atoms with Gasteiger partial charge in [0.15, 0.2) is 0 Å². The Kier molecular flexibility index (Phi) is 2.79. The first-order valence-electron chi connectivity index (χ1n) is 27.9. The third-order valence-corrected chi connectivity index (χ3v) is 8.60. The molecule has 3 heterocycles. The predicted octanol–water partition coefficient (Wildman–Crippen LogP) is 13.1. The van der Waals surface area contributed by atoms with Gasteiger partial charge >= 0.3 is 0 Å². The molecule has 3 heteroatoms. The third kappa shape index (κ3) is 4.19. The van der Waals surface area contributed by atoms with Crippen molar-refractivity contribution < 1.29 is 38.7 Å². The zero-order chi connectivity index (χ0) is 55.2.